The van der Waals surface area contributed by atoms with Crippen LogP contribution in [0.4, 0.5) is 0 Å². The summed E-state index contributed by atoms with van der Waals surface area (Å²) in [5.74, 6) is 1.78. The Bertz CT molecular complexity index is 497. The van der Waals surface area contributed by atoms with E-state index in [2.05, 4.69) is 15.2 Å². The second kappa shape index (κ2) is 5.41. The van der Waals surface area contributed by atoms with Crippen LogP contribution in [-0.2, 0) is 11.4 Å². The van der Waals surface area contributed by atoms with Gasteiger partial charge in [0.2, 0.25) is 0 Å². The fourth-order valence-corrected chi connectivity index (χ4v) is 2.84. The van der Waals surface area contributed by atoms with E-state index in [-0.39, 0.29) is 12.3 Å². The minimum absolute atomic E-state index is 0.215. The summed E-state index contributed by atoms with van der Waals surface area (Å²) in [5.41, 5.74) is 0.264. The molecule has 0 amide bonds. The minimum Gasteiger partial charge on any atom is -0.388 e. The summed E-state index contributed by atoms with van der Waals surface area (Å²) >= 11 is 0. The molecule has 0 aliphatic carbocycles. The van der Waals surface area contributed by atoms with E-state index in [1.807, 2.05) is 12.3 Å². The van der Waals surface area contributed by atoms with Gasteiger partial charge in [0.05, 0.1) is 0 Å². The molecule has 1 unspecified atom stereocenters. The Morgan fingerprint density at radius 3 is 3.05 bits per heavy atom. The highest BCUT2D eigenvalue weighted by Gasteiger charge is 2.33. The molecule has 0 saturated carbocycles. The van der Waals surface area contributed by atoms with Crippen LogP contribution in [0.1, 0.15) is 24.3 Å². The molecule has 3 saturated heterocycles. The van der Waals surface area contributed by atoms with Crippen molar-refractivity contribution < 1.29 is 9.36 Å². The molecule has 3 fully saturated rings. The predicted molar refractivity (Wildman–Crippen MR) is 67.2 cm³/mol. The molecule has 19 heavy (non-hydrogen) atoms. The van der Waals surface area contributed by atoms with Gasteiger partial charge in [-0.3, -0.25) is 0 Å². The van der Waals surface area contributed by atoms with Gasteiger partial charge >= 0.3 is 0 Å². The van der Waals surface area contributed by atoms with Crippen LogP contribution in [0.2, 0.25) is 0 Å². The monoisotopic (exact) mass is 260 g/mol. The molecular weight excluding hydrogens is 244 g/mol. The summed E-state index contributed by atoms with van der Waals surface area (Å²) in [5, 5.41) is 16.2. The van der Waals surface area contributed by atoms with Crippen LogP contribution in [0.3, 0.4) is 0 Å². The molecule has 4 heterocycles. The number of oxime groups is 1. The van der Waals surface area contributed by atoms with E-state index in [0.29, 0.717) is 11.7 Å². The summed E-state index contributed by atoms with van der Waals surface area (Å²) in [4.78, 5) is 7.67. The van der Waals surface area contributed by atoms with Crippen molar-refractivity contribution in [1.29, 1.82) is 5.26 Å². The first-order chi connectivity index (χ1) is 9.35. The number of fused-ring (bicyclic) bond motifs is 3. The lowest BCUT2D eigenvalue weighted by atomic mass is 9.80. The van der Waals surface area contributed by atoms with E-state index in [1.165, 1.54) is 25.9 Å². The maximum Gasteiger partial charge on any atom is 0.183 e. The lowest BCUT2D eigenvalue weighted by Gasteiger charge is -2.43. The van der Waals surface area contributed by atoms with Crippen LogP contribution in [0.25, 0.3) is 0 Å². The van der Waals surface area contributed by atoms with Crippen LogP contribution < -0.4 is 0 Å². The van der Waals surface area contributed by atoms with Gasteiger partial charge in [0, 0.05) is 24.7 Å². The predicted octanol–water partition coefficient (Wildman–Crippen LogP) is 1.39. The van der Waals surface area contributed by atoms with Crippen LogP contribution in [-0.4, -0.2) is 35.9 Å². The molecule has 1 aromatic rings. The molecule has 0 N–H and O–H groups in total. The molecule has 6 nitrogen and oxygen atoms in total. The van der Waals surface area contributed by atoms with Gasteiger partial charge in [0.1, 0.15) is 6.07 Å². The van der Waals surface area contributed by atoms with Gasteiger partial charge in [-0.1, -0.05) is 10.3 Å². The third kappa shape index (κ3) is 2.76. The molecule has 0 aromatic carbocycles. The quantitative estimate of drug-likeness (QED) is 0.604. The van der Waals surface area contributed by atoms with Crippen molar-refractivity contribution in [2.45, 2.75) is 19.4 Å². The van der Waals surface area contributed by atoms with Crippen molar-refractivity contribution in [2.75, 3.05) is 19.6 Å². The van der Waals surface area contributed by atoms with Gasteiger partial charge in [-0.2, -0.15) is 5.26 Å². The lowest BCUT2D eigenvalue weighted by Crippen LogP contribution is -2.47. The highest BCUT2D eigenvalue weighted by molar-refractivity contribution is 5.61. The zero-order chi connectivity index (χ0) is 13.1. The molecule has 3 aliphatic heterocycles. The molecule has 100 valence electrons. The average Bonchev–Trinajstić information content (AvgIpc) is 2.93. The van der Waals surface area contributed by atoms with Gasteiger partial charge in [-0.05, 0) is 31.8 Å². The Morgan fingerprint density at radius 1 is 1.58 bits per heavy atom. The normalized spacial score (nSPS) is 29.5. The molecule has 6 heteroatoms. The van der Waals surface area contributed by atoms with Crippen molar-refractivity contribution in [2.24, 2.45) is 17.0 Å². The smallest absolute Gasteiger partial charge is 0.183 e. The highest BCUT2D eigenvalue weighted by Crippen LogP contribution is 2.31. The van der Waals surface area contributed by atoms with Crippen molar-refractivity contribution in [1.82, 2.24) is 10.1 Å². The standard InChI is InChI=1S/C13H16N4O2/c14-6-12-5-13(19-16-12)9-18-15-7-11-8-17-3-1-10(11)2-4-17/h5,7,10-11H,1-4,8-9H2/b15-7+. The summed E-state index contributed by atoms with van der Waals surface area (Å²) in [6.45, 7) is 3.76. The van der Waals surface area contributed by atoms with E-state index in [1.54, 1.807) is 6.07 Å². The van der Waals surface area contributed by atoms with E-state index < -0.39 is 0 Å². The maximum absolute atomic E-state index is 8.61. The van der Waals surface area contributed by atoms with Crippen molar-refractivity contribution in [3.63, 3.8) is 0 Å². The second-order valence-electron chi connectivity index (χ2n) is 5.12. The Hall–Kier alpha value is -1.87. The summed E-state index contributed by atoms with van der Waals surface area (Å²) in [6, 6.07) is 3.46. The molecule has 4 rings (SSSR count). The fraction of sp³-hybridized carbons (Fsp3) is 0.615. The van der Waals surface area contributed by atoms with Crippen molar-refractivity contribution in [3.8, 4) is 6.07 Å². The van der Waals surface area contributed by atoms with Gasteiger partial charge in [0.15, 0.2) is 18.1 Å². The second-order valence-corrected chi connectivity index (χ2v) is 5.12. The Labute approximate surface area is 111 Å². The lowest BCUT2D eigenvalue weighted by molar-refractivity contribution is 0.0762. The molecular formula is C13H16N4O2. The first-order valence-electron chi connectivity index (χ1n) is 6.58. The van der Waals surface area contributed by atoms with Crippen LogP contribution in [0.15, 0.2) is 15.7 Å². The van der Waals surface area contributed by atoms with Crippen molar-refractivity contribution in [3.05, 3.63) is 17.5 Å². The largest absolute Gasteiger partial charge is 0.388 e. The number of piperidine rings is 3. The number of hydrogen-bond acceptors (Lipinski definition) is 6. The van der Waals surface area contributed by atoms with Gasteiger partial charge < -0.3 is 14.3 Å². The first kappa shape index (κ1) is 12.2. The Kier molecular flexibility index (Phi) is 3.47. The van der Waals surface area contributed by atoms with E-state index in [0.717, 1.165) is 12.5 Å². The third-order valence-electron chi connectivity index (χ3n) is 3.91. The Morgan fingerprint density at radius 2 is 2.42 bits per heavy atom. The number of hydrogen-bond donors (Lipinski definition) is 0. The molecule has 2 bridgehead atoms. The summed E-state index contributed by atoms with van der Waals surface area (Å²) in [6.07, 6.45) is 4.45. The zero-order valence-corrected chi connectivity index (χ0v) is 10.7. The maximum atomic E-state index is 8.61. The fourth-order valence-electron chi connectivity index (χ4n) is 2.84. The SMILES string of the molecule is N#Cc1cc(CO/N=C/C2CN3CCC2CC3)on1. The zero-order valence-electron chi connectivity index (χ0n) is 10.7. The van der Waals surface area contributed by atoms with E-state index in [9.17, 15) is 0 Å². The van der Waals surface area contributed by atoms with Gasteiger partial charge in [0.25, 0.3) is 0 Å². The number of aromatic nitrogens is 1. The molecule has 0 radical (unpaired) electrons. The number of rotatable bonds is 4. The van der Waals surface area contributed by atoms with Gasteiger partial charge in [-0.25, -0.2) is 0 Å². The molecule has 1 atom stereocenters. The number of nitriles is 1. The molecule has 3 aliphatic rings. The topological polar surface area (TPSA) is 74.7 Å². The summed E-state index contributed by atoms with van der Waals surface area (Å²) < 4.78 is 4.92. The van der Waals surface area contributed by atoms with Crippen LogP contribution >= 0.6 is 0 Å². The number of nitrogens with zero attached hydrogens (tertiary/aromatic N) is 4. The van der Waals surface area contributed by atoms with E-state index in [4.69, 9.17) is 14.6 Å². The van der Waals surface area contributed by atoms with Crippen LogP contribution in [0, 0.1) is 23.2 Å². The highest BCUT2D eigenvalue weighted by atomic mass is 16.6. The Balaban J connectivity index is 1.47. The van der Waals surface area contributed by atoms with E-state index >= 15 is 0 Å². The first-order valence-corrected chi connectivity index (χ1v) is 6.58. The minimum atomic E-state index is 0.215. The van der Waals surface area contributed by atoms with Crippen molar-refractivity contribution >= 4 is 6.21 Å². The third-order valence-corrected chi connectivity index (χ3v) is 3.91. The molecule has 1 aromatic heterocycles. The molecule has 0 spiro atoms. The summed E-state index contributed by atoms with van der Waals surface area (Å²) in [7, 11) is 0. The van der Waals surface area contributed by atoms with Gasteiger partial charge in [-0.15, -0.1) is 0 Å². The van der Waals surface area contributed by atoms with Crippen LogP contribution in [0.5, 0.6) is 0 Å². The average molecular weight is 260 g/mol.